The number of aromatic amines is 1. The maximum atomic E-state index is 9.53. The Hall–Kier alpha value is -2.90. The highest BCUT2D eigenvalue weighted by atomic mass is 32.1. The second-order valence-electron chi connectivity index (χ2n) is 5.46. The highest BCUT2D eigenvalue weighted by Crippen LogP contribution is 2.31. The standard InChI is InChI=1S/C20H16N2OS/c1-13-10-15(8-9-19(13)23-2)16-11-18(14-6-4-3-5-7-14)22-20(24)17(16)12-21/h3-11H,1-2H3,(H,22,24). The Morgan fingerprint density at radius 3 is 2.42 bits per heavy atom. The molecule has 0 atom stereocenters. The second-order valence-corrected chi connectivity index (χ2v) is 5.87. The highest BCUT2D eigenvalue weighted by Gasteiger charge is 2.12. The third-order valence-corrected chi connectivity index (χ3v) is 4.24. The van der Waals surface area contributed by atoms with E-state index in [0.717, 1.165) is 33.7 Å². The number of nitrogens with one attached hydrogen (secondary N) is 1. The van der Waals surface area contributed by atoms with E-state index >= 15 is 0 Å². The first-order valence-electron chi connectivity index (χ1n) is 7.52. The van der Waals surface area contributed by atoms with Gasteiger partial charge < -0.3 is 9.72 Å². The zero-order valence-corrected chi connectivity index (χ0v) is 14.3. The van der Waals surface area contributed by atoms with Crippen LogP contribution in [0.5, 0.6) is 5.75 Å². The van der Waals surface area contributed by atoms with Crippen molar-refractivity contribution < 1.29 is 4.74 Å². The number of hydrogen-bond acceptors (Lipinski definition) is 3. The van der Waals surface area contributed by atoms with Gasteiger partial charge in [0, 0.05) is 11.3 Å². The normalized spacial score (nSPS) is 10.2. The Morgan fingerprint density at radius 1 is 1.04 bits per heavy atom. The summed E-state index contributed by atoms with van der Waals surface area (Å²) in [6.07, 6.45) is 0. The number of ether oxygens (including phenoxy) is 1. The predicted octanol–water partition coefficient (Wildman–Crippen LogP) is 5.27. The molecule has 0 aliphatic heterocycles. The summed E-state index contributed by atoms with van der Waals surface area (Å²) in [5, 5.41) is 9.53. The van der Waals surface area contributed by atoms with Crippen LogP contribution >= 0.6 is 12.2 Å². The number of aryl methyl sites for hydroxylation is 1. The van der Waals surface area contributed by atoms with Crippen LogP contribution in [0.3, 0.4) is 0 Å². The molecule has 3 aromatic rings. The van der Waals surface area contributed by atoms with Gasteiger partial charge in [-0.2, -0.15) is 5.26 Å². The van der Waals surface area contributed by atoms with Gasteiger partial charge in [-0.25, -0.2) is 0 Å². The number of pyridine rings is 1. The molecule has 1 N–H and O–H groups in total. The van der Waals surface area contributed by atoms with Crippen molar-refractivity contribution in [3.8, 4) is 34.2 Å². The molecule has 0 fully saturated rings. The summed E-state index contributed by atoms with van der Waals surface area (Å²) in [6, 6.07) is 20.0. The van der Waals surface area contributed by atoms with E-state index in [1.165, 1.54) is 0 Å². The van der Waals surface area contributed by atoms with E-state index in [4.69, 9.17) is 17.0 Å². The summed E-state index contributed by atoms with van der Waals surface area (Å²) in [5.41, 5.74) is 5.18. The van der Waals surface area contributed by atoms with Crippen molar-refractivity contribution in [1.82, 2.24) is 4.98 Å². The molecule has 2 aromatic carbocycles. The SMILES string of the molecule is COc1ccc(-c2cc(-c3ccccc3)[nH]c(=S)c2C#N)cc1C. The van der Waals surface area contributed by atoms with Crippen molar-refractivity contribution in [1.29, 1.82) is 5.26 Å². The molecule has 0 spiro atoms. The van der Waals surface area contributed by atoms with E-state index in [0.29, 0.717) is 10.2 Å². The number of H-pyrrole nitrogens is 1. The zero-order valence-electron chi connectivity index (χ0n) is 13.5. The van der Waals surface area contributed by atoms with Crippen molar-refractivity contribution in [2.24, 2.45) is 0 Å². The first-order chi connectivity index (χ1) is 11.6. The van der Waals surface area contributed by atoms with Gasteiger partial charge in [-0.15, -0.1) is 0 Å². The number of aromatic nitrogens is 1. The Balaban J connectivity index is 2.23. The van der Waals surface area contributed by atoms with Gasteiger partial charge in [0.15, 0.2) is 0 Å². The lowest BCUT2D eigenvalue weighted by Gasteiger charge is -2.11. The topological polar surface area (TPSA) is 48.8 Å². The van der Waals surface area contributed by atoms with Gasteiger partial charge in [0.2, 0.25) is 0 Å². The molecule has 1 aromatic heterocycles. The average molecular weight is 332 g/mol. The van der Waals surface area contributed by atoms with Crippen molar-refractivity contribution in [3.63, 3.8) is 0 Å². The van der Waals surface area contributed by atoms with Crippen molar-refractivity contribution in [2.45, 2.75) is 6.92 Å². The molecule has 4 heteroatoms. The average Bonchev–Trinajstić information content (AvgIpc) is 2.61. The summed E-state index contributed by atoms with van der Waals surface area (Å²) in [4.78, 5) is 3.16. The third-order valence-electron chi connectivity index (χ3n) is 3.94. The van der Waals surface area contributed by atoms with E-state index < -0.39 is 0 Å². The summed E-state index contributed by atoms with van der Waals surface area (Å²) >= 11 is 5.40. The van der Waals surface area contributed by atoms with Crippen LogP contribution in [0.4, 0.5) is 0 Å². The number of nitriles is 1. The molecule has 0 aliphatic rings. The lowest BCUT2D eigenvalue weighted by molar-refractivity contribution is 0.412. The van der Waals surface area contributed by atoms with Crippen molar-refractivity contribution in [3.05, 3.63) is 70.4 Å². The largest absolute Gasteiger partial charge is 0.496 e. The molecule has 3 nitrogen and oxygen atoms in total. The van der Waals surface area contributed by atoms with E-state index in [2.05, 4.69) is 11.1 Å². The molecule has 0 aliphatic carbocycles. The van der Waals surface area contributed by atoms with Crippen LogP contribution in [0.1, 0.15) is 11.1 Å². The molecule has 0 radical (unpaired) electrons. The number of rotatable bonds is 3. The summed E-state index contributed by atoms with van der Waals surface area (Å²) in [5.74, 6) is 0.821. The zero-order chi connectivity index (χ0) is 17.1. The van der Waals surface area contributed by atoms with Crippen LogP contribution in [0.2, 0.25) is 0 Å². The molecule has 3 rings (SSSR count). The van der Waals surface area contributed by atoms with Gasteiger partial charge in [-0.1, -0.05) is 48.6 Å². The van der Waals surface area contributed by atoms with Crippen LogP contribution in [-0.2, 0) is 0 Å². The predicted molar refractivity (Wildman–Crippen MR) is 98.5 cm³/mol. The van der Waals surface area contributed by atoms with Gasteiger partial charge in [0.1, 0.15) is 16.5 Å². The minimum absolute atomic E-state index is 0.447. The molecule has 0 bridgehead atoms. The summed E-state index contributed by atoms with van der Waals surface area (Å²) < 4.78 is 5.76. The van der Waals surface area contributed by atoms with E-state index in [1.807, 2.05) is 61.5 Å². The minimum atomic E-state index is 0.447. The Labute approximate surface area is 146 Å². The van der Waals surface area contributed by atoms with Gasteiger partial charge in [0.05, 0.1) is 12.7 Å². The quantitative estimate of drug-likeness (QED) is 0.665. The van der Waals surface area contributed by atoms with Gasteiger partial charge in [-0.05, 0) is 41.8 Å². The summed E-state index contributed by atoms with van der Waals surface area (Å²) in [7, 11) is 1.65. The lowest BCUT2D eigenvalue weighted by Crippen LogP contribution is -1.94. The van der Waals surface area contributed by atoms with Crippen molar-refractivity contribution in [2.75, 3.05) is 7.11 Å². The van der Waals surface area contributed by atoms with Gasteiger partial charge in [-0.3, -0.25) is 0 Å². The fourth-order valence-corrected chi connectivity index (χ4v) is 2.98. The second kappa shape index (κ2) is 6.69. The first-order valence-corrected chi connectivity index (χ1v) is 7.92. The Morgan fingerprint density at radius 2 is 1.79 bits per heavy atom. The highest BCUT2D eigenvalue weighted by molar-refractivity contribution is 7.71. The van der Waals surface area contributed by atoms with Crippen LogP contribution in [-0.4, -0.2) is 12.1 Å². The van der Waals surface area contributed by atoms with Crippen molar-refractivity contribution >= 4 is 12.2 Å². The van der Waals surface area contributed by atoms with E-state index in [1.54, 1.807) is 7.11 Å². The van der Waals surface area contributed by atoms with Crippen LogP contribution < -0.4 is 4.74 Å². The van der Waals surface area contributed by atoms with Crippen LogP contribution in [0.25, 0.3) is 22.4 Å². The van der Waals surface area contributed by atoms with E-state index in [-0.39, 0.29) is 0 Å². The fourth-order valence-electron chi connectivity index (χ4n) is 2.72. The minimum Gasteiger partial charge on any atom is -0.496 e. The number of benzene rings is 2. The van der Waals surface area contributed by atoms with Gasteiger partial charge in [0.25, 0.3) is 0 Å². The molecular formula is C20H16N2OS. The molecule has 1 heterocycles. The Bertz CT molecular complexity index is 985. The first kappa shape index (κ1) is 16.0. The molecule has 0 amide bonds. The molecule has 0 saturated carbocycles. The third kappa shape index (κ3) is 2.94. The molecule has 24 heavy (non-hydrogen) atoms. The van der Waals surface area contributed by atoms with Crippen LogP contribution in [0.15, 0.2) is 54.6 Å². The maximum absolute atomic E-state index is 9.53. The summed E-state index contributed by atoms with van der Waals surface area (Å²) in [6.45, 7) is 1.98. The lowest BCUT2D eigenvalue weighted by atomic mass is 9.98. The maximum Gasteiger partial charge on any atom is 0.122 e. The molecule has 0 unspecified atom stereocenters. The number of nitrogens with zero attached hydrogens (tertiary/aromatic N) is 1. The fraction of sp³-hybridized carbons (Fsp3) is 0.100. The molecular weight excluding hydrogens is 316 g/mol. The number of methoxy groups -OCH3 is 1. The molecule has 118 valence electrons. The smallest absolute Gasteiger partial charge is 0.122 e. The van der Waals surface area contributed by atoms with Crippen LogP contribution in [0, 0.1) is 22.9 Å². The monoisotopic (exact) mass is 332 g/mol. The molecule has 0 saturated heterocycles. The van der Waals surface area contributed by atoms with Gasteiger partial charge >= 0.3 is 0 Å². The number of hydrogen-bond donors (Lipinski definition) is 1. The van der Waals surface area contributed by atoms with E-state index in [9.17, 15) is 5.26 Å². The Kier molecular flexibility index (Phi) is 4.45.